The van der Waals surface area contributed by atoms with Crippen molar-refractivity contribution in [2.45, 2.75) is 31.6 Å². The van der Waals surface area contributed by atoms with E-state index < -0.39 is 10.0 Å². The van der Waals surface area contributed by atoms with Gasteiger partial charge in [-0.25, -0.2) is 8.42 Å². The van der Waals surface area contributed by atoms with Crippen LogP contribution in [0.3, 0.4) is 0 Å². The highest BCUT2D eigenvalue weighted by Gasteiger charge is 2.30. The van der Waals surface area contributed by atoms with Crippen molar-refractivity contribution in [3.63, 3.8) is 0 Å². The zero-order valence-electron chi connectivity index (χ0n) is 19.6. The Morgan fingerprint density at radius 1 is 1.23 bits per heavy atom. The molecule has 0 spiro atoms. The van der Waals surface area contributed by atoms with E-state index in [9.17, 15) is 18.5 Å². The number of nitrogens with one attached hydrogen (secondary N) is 1. The van der Waals surface area contributed by atoms with Crippen molar-refractivity contribution in [1.29, 1.82) is 5.26 Å². The average molecular weight is 498 g/mol. The molecule has 1 aliphatic rings. The molecule has 0 atom stereocenters. The first-order valence-electron chi connectivity index (χ1n) is 11.5. The van der Waals surface area contributed by atoms with Gasteiger partial charge in [-0.05, 0) is 43.2 Å². The summed E-state index contributed by atoms with van der Waals surface area (Å²) in [4.78, 5) is 19.2. The van der Waals surface area contributed by atoms with Gasteiger partial charge in [-0.3, -0.25) is 4.79 Å². The summed E-state index contributed by atoms with van der Waals surface area (Å²) in [7, 11) is -3.62. The van der Waals surface area contributed by atoms with Gasteiger partial charge in [-0.15, -0.1) is 0 Å². The second-order valence-electron chi connectivity index (χ2n) is 8.13. The lowest BCUT2D eigenvalue weighted by Gasteiger charge is -2.31. The Morgan fingerprint density at radius 2 is 1.97 bits per heavy atom. The maximum absolute atomic E-state index is 12.9. The number of anilines is 2. The number of nitrogens with zero attached hydrogens (tertiary/aromatic N) is 4. The number of carbonyl (C=O) groups is 1. The van der Waals surface area contributed by atoms with Crippen LogP contribution in [0.25, 0.3) is 11.7 Å². The predicted octanol–water partition coefficient (Wildman–Crippen LogP) is 3.69. The highest BCUT2D eigenvalue weighted by atomic mass is 32.2. The first-order valence-corrected chi connectivity index (χ1v) is 12.9. The van der Waals surface area contributed by atoms with Crippen LogP contribution < -0.4 is 10.2 Å². The largest absolute Gasteiger partial charge is 0.459 e. The second-order valence-corrected chi connectivity index (χ2v) is 10.1. The van der Waals surface area contributed by atoms with Gasteiger partial charge in [-0.1, -0.05) is 19.9 Å². The van der Waals surface area contributed by atoms with Crippen LogP contribution in [0.2, 0.25) is 0 Å². The zero-order valence-corrected chi connectivity index (χ0v) is 20.4. The lowest BCUT2D eigenvalue weighted by Crippen LogP contribution is -2.38. The number of hydrogen-bond acceptors (Lipinski definition) is 8. The van der Waals surface area contributed by atoms with Gasteiger partial charge < -0.3 is 19.1 Å². The number of piperidine rings is 1. The number of sulfonamides is 1. The van der Waals surface area contributed by atoms with Gasteiger partial charge in [0.1, 0.15) is 6.07 Å². The first kappa shape index (κ1) is 24.5. The Hall–Kier alpha value is -3.62. The summed E-state index contributed by atoms with van der Waals surface area (Å²) in [6.45, 7) is 5.34. The van der Waals surface area contributed by atoms with Crippen LogP contribution in [0.4, 0.5) is 11.6 Å². The van der Waals surface area contributed by atoms with E-state index in [0.717, 1.165) is 0 Å². The molecule has 4 rings (SSSR count). The summed E-state index contributed by atoms with van der Waals surface area (Å²) in [5.41, 5.74) is 0.612. The number of aromatic nitrogens is 1. The van der Waals surface area contributed by atoms with Crippen LogP contribution in [0.15, 0.2) is 56.4 Å². The third-order valence-electron chi connectivity index (χ3n) is 6.04. The molecule has 3 heterocycles. The molecule has 1 N–H and O–H groups in total. The maximum atomic E-state index is 12.9. The predicted molar refractivity (Wildman–Crippen MR) is 129 cm³/mol. The number of nitriles is 1. The van der Waals surface area contributed by atoms with Gasteiger partial charge >= 0.3 is 0 Å². The molecular formula is C24H27N5O5S. The number of rotatable bonds is 8. The highest BCUT2D eigenvalue weighted by molar-refractivity contribution is 7.89. The Kier molecular flexibility index (Phi) is 7.23. The average Bonchev–Trinajstić information content (AvgIpc) is 3.55. The van der Waals surface area contributed by atoms with Crippen LogP contribution in [-0.4, -0.2) is 49.8 Å². The number of oxazole rings is 1. The monoisotopic (exact) mass is 497 g/mol. The fourth-order valence-electron chi connectivity index (χ4n) is 4.14. The number of furan rings is 1. The summed E-state index contributed by atoms with van der Waals surface area (Å²) in [5.74, 6) is 0.615. The first-order chi connectivity index (χ1) is 16.9. The van der Waals surface area contributed by atoms with Gasteiger partial charge in [0.15, 0.2) is 5.76 Å². The maximum Gasteiger partial charge on any atom is 0.266 e. The van der Waals surface area contributed by atoms with Crippen molar-refractivity contribution < 1.29 is 22.0 Å². The standard InChI is InChI=1S/C24H27N5O5S/c1-3-29(4-2)35(31,32)19-8-5-7-18(15-19)26-22(30)17-10-12-28(13-11-17)24-20(16-25)27-23(34-24)21-9-6-14-33-21/h5-9,14-15,17H,3-4,10-13H2,1-2H3,(H,26,30). The normalized spacial score (nSPS) is 14.7. The molecule has 1 aromatic carbocycles. The molecule has 0 aliphatic carbocycles. The quantitative estimate of drug-likeness (QED) is 0.498. The van der Waals surface area contributed by atoms with Crippen LogP contribution in [0.1, 0.15) is 32.4 Å². The molecule has 1 fully saturated rings. The molecule has 1 aliphatic heterocycles. The van der Waals surface area contributed by atoms with Gasteiger partial charge in [0.2, 0.25) is 27.5 Å². The van der Waals surface area contributed by atoms with E-state index in [1.54, 1.807) is 38.1 Å². The van der Waals surface area contributed by atoms with Crippen LogP contribution in [0.5, 0.6) is 0 Å². The Balaban J connectivity index is 1.41. The minimum Gasteiger partial charge on any atom is -0.459 e. The van der Waals surface area contributed by atoms with Gasteiger partial charge in [-0.2, -0.15) is 14.6 Å². The zero-order chi connectivity index (χ0) is 25.0. The Morgan fingerprint density at radius 3 is 2.60 bits per heavy atom. The molecule has 2 aromatic heterocycles. The third-order valence-corrected chi connectivity index (χ3v) is 8.09. The molecule has 0 unspecified atom stereocenters. The lowest BCUT2D eigenvalue weighted by atomic mass is 9.96. The number of carbonyl (C=O) groups excluding carboxylic acids is 1. The third kappa shape index (κ3) is 5.08. The lowest BCUT2D eigenvalue weighted by molar-refractivity contribution is -0.120. The van der Waals surface area contributed by atoms with Crippen molar-refractivity contribution in [3.05, 3.63) is 48.4 Å². The molecule has 0 saturated carbocycles. The molecule has 3 aromatic rings. The van der Waals surface area contributed by atoms with Crippen molar-refractivity contribution in [2.24, 2.45) is 5.92 Å². The van der Waals surface area contributed by atoms with Crippen molar-refractivity contribution >= 4 is 27.5 Å². The van der Waals surface area contributed by atoms with Crippen molar-refractivity contribution in [1.82, 2.24) is 9.29 Å². The van der Waals surface area contributed by atoms with E-state index in [1.165, 1.54) is 22.7 Å². The number of amides is 1. The number of hydrogen-bond donors (Lipinski definition) is 1. The Labute approximate surface area is 204 Å². The summed E-state index contributed by atoms with van der Waals surface area (Å²) in [6, 6.07) is 11.8. The molecule has 1 saturated heterocycles. The Bertz CT molecular complexity index is 1310. The van der Waals surface area contributed by atoms with Gasteiger partial charge in [0.05, 0.1) is 11.2 Å². The minimum atomic E-state index is -3.62. The second kappa shape index (κ2) is 10.3. The fraction of sp³-hybridized carbons (Fsp3) is 0.375. The fourth-order valence-corrected chi connectivity index (χ4v) is 5.65. The van der Waals surface area contributed by atoms with E-state index in [0.29, 0.717) is 56.4 Å². The van der Waals surface area contributed by atoms with E-state index in [-0.39, 0.29) is 28.3 Å². The van der Waals surface area contributed by atoms with Crippen LogP contribution in [0, 0.1) is 17.2 Å². The summed E-state index contributed by atoms with van der Waals surface area (Å²) >= 11 is 0. The molecule has 1 amide bonds. The molecule has 0 bridgehead atoms. The summed E-state index contributed by atoms with van der Waals surface area (Å²) < 4.78 is 38.1. The molecule has 35 heavy (non-hydrogen) atoms. The molecule has 11 heteroatoms. The summed E-state index contributed by atoms with van der Waals surface area (Å²) in [6.07, 6.45) is 2.60. The van der Waals surface area contributed by atoms with E-state index in [4.69, 9.17) is 8.83 Å². The summed E-state index contributed by atoms with van der Waals surface area (Å²) in [5, 5.41) is 12.3. The van der Waals surface area contributed by atoms with E-state index in [2.05, 4.69) is 16.4 Å². The van der Waals surface area contributed by atoms with Crippen molar-refractivity contribution in [2.75, 3.05) is 36.4 Å². The van der Waals surface area contributed by atoms with E-state index >= 15 is 0 Å². The van der Waals surface area contributed by atoms with Gasteiger partial charge in [0.25, 0.3) is 5.89 Å². The van der Waals surface area contributed by atoms with Gasteiger partial charge in [0, 0.05) is 37.8 Å². The molecule has 184 valence electrons. The van der Waals surface area contributed by atoms with E-state index in [1.807, 2.05) is 4.90 Å². The minimum absolute atomic E-state index is 0.149. The molecule has 0 radical (unpaired) electrons. The number of benzene rings is 1. The molecule has 10 nitrogen and oxygen atoms in total. The highest BCUT2D eigenvalue weighted by Crippen LogP contribution is 2.31. The van der Waals surface area contributed by atoms with Crippen LogP contribution in [-0.2, 0) is 14.8 Å². The molecular weight excluding hydrogens is 470 g/mol. The SMILES string of the molecule is CCN(CC)S(=O)(=O)c1cccc(NC(=O)C2CCN(c3oc(-c4ccco4)nc3C#N)CC2)c1. The van der Waals surface area contributed by atoms with Crippen molar-refractivity contribution in [3.8, 4) is 17.7 Å². The smallest absolute Gasteiger partial charge is 0.266 e. The van der Waals surface area contributed by atoms with Crippen LogP contribution >= 0.6 is 0 Å². The topological polar surface area (TPSA) is 133 Å².